The van der Waals surface area contributed by atoms with E-state index in [1.807, 2.05) is 35.7 Å². The van der Waals surface area contributed by atoms with Gasteiger partial charge in [-0.3, -0.25) is 4.79 Å². The van der Waals surface area contributed by atoms with Crippen LogP contribution in [0.25, 0.3) is 20.8 Å². The van der Waals surface area contributed by atoms with Gasteiger partial charge in [0.2, 0.25) is 15.9 Å². The summed E-state index contributed by atoms with van der Waals surface area (Å²) in [6.45, 7) is 0.613. The lowest BCUT2D eigenvalue weighted by molar-refractivity contribution is -0.120. The molecular formula is C23H21N3O3S3. The van der Waals surface area contributed by atoms with Gasteiger partial charge in [0.15, 0.2) is 0 Å². The molecule has 1 N–H and O–H groups in total. The number of sulfonamides is 1. The molecule has 0 spiro atoms. The Labute approximate surface area is 194 Å². The molecule has 0 aliphatic carbocycles. The van der Waals surface area contributed by atoms with Gasteiger partial charge in [0.05, 0.1) is 21.0 Å². The van der Waals surface area contributed by atoms with Crippen LogP contribution in [0.2, 0.25) is 0 Å². The molecule has 1 aliphatic heterocycles. The molecule has 164 valence electrons. The number of thiophene rings is 1. The second-order valence-corrected chi connectivity index (χ2v) is 11.5. The van der Waals surface area contributed by atoms with Crippen LogP contribution in [0, 0.1) is 5.92 Å². The maximum absolute atomic E-state index is 13.1. The van der Waals surface area contributed by atoms with Gasteiger partial charge in [0.1, 0.15) is 10.0 Å². The smallest absolute Gasteiger partial charge is 0.243 e. The highest BCUT2D eigenvalue weighted by atomic mass is 32.2. The van der Waals surface area contributed by atoms with E-state index in [-0.39, 0.29) is 17.3 Å². The van der Waals surface area contributed by atoms with Gasteiger partial charge in [-0.15, -0.1) is 22.7 Å². The van der Waals surface area contributed by atoms with Crippen molar-refractivity contribution in [3.05, 3.63) is 66.0 Å². The lowest BCUT2D eigenvalue weighted by Crippen LogP contribution is -2.43. The van der Waals surface area contributed by atoms with Crippen LogP contribution in [0.5, 0.6) is 0 Å². The summed E-state index contributed by atoms with van der Waals surface area (Å²) in [6.07, 6.45) is 1.31. The minimum Gasteiger partial charge on any atom is -0.317 e. The molecule has 1 atom stereocenters. The molecule has 5 rings (SSSR count). The Kier molecular flexibility index (Phi) is 5.81. The quantitative estimate of drug-likeness (QED) is 0.430. The van der Waals surface area contributed by atoms with Crippen LogP contribution in [-0.4, -0.2) is 36.7 Å². The zero-order chi connectivity index (χ0) is 22.1. The normalized spacial score (nSPS) is 17.4. The Morgan fingerprint density at radius 3 is 2.66 bits per heavy atom. The number of hydrogen-bond acceptors (Lipinski definition) is 6. The summed E-state index contributed by atoms with van der Waals surface area (Å²) in [7, 11) is -3.61. The number of fused-ring (bicyclic) bond motifs is 1. The van der Waals surface area contributed by atoms with E-state index >= 15 is 0 Å². The first kappa shape index (κ1) is 21.3. The van der Waals surface area contributed by atoms with Crippen molar-refractivity contribution in [2.75, 3.05) is 18.4 Å². The highest BCUT2D eigenvalue weighted by Gasteiger charge is 2.33. The molecule has 1 unspecified atom stereocenters. The van der Waals surface area contributed by atoms with Crippen molar-refractivity contribution in [1.29, 1.82) is 0 Å². The van der Waals surface area contributed by atoms with E-state index < -0.39 is 15.9 Å². The maximum Gasteiger partial charge on any atom is 0.243 e. The number of anilines is 1. The van der Waals surface area contributed by atoms with E-state index in [0.717, 1.165) is 25.8 Å². The molecule has 3 heterocycles. The number of rotatable bonds is 5. The van der Waals surface area contributed by atoms with Gasteiger partial charge in [-0.2, -0.15) is 4.31 Å². The lowest BCUT2D eigenvalue weighted by atomic mass is 9.99. The maximum atomic E-state index is 13.1. The molecular weight excluding hydrogens is 462 g/mol. The van der Waals surface area contributed by atoms with E-state index in [1.54, 1.807) is 41.7 Å². The third kappa shape index (κ3) is 4.09. The minimum absolute atomic E-state index is 0.150. The van der Waals surface area contributed by atoms with Crippen molar-refractivity contribution >= 4 is 53.8 Å². The third-order valence-corrected chi connectivity index (χ3v) is 9.34. The number of piperidine rings is 1. The third-order valence-electron chi connectivity index (χ3n) is 5.56. The molecule has 9 heteroatoms. The molecule has 1 aliphatic rings. The summed E-state index contributed by atoms with van der Waals surface area (Å²) in [5.41, 5.74) is 1.83. The van der Waals surface area contributed by atoms with E-state index in [9.17, 15) is 13.2 Å². The fourth-order valence-electron chi connectivity index (χ4n) is 3.89. The van der Waals surface area contributed by atoms with Crippen LogP contribution in [0.15, 0.2) is 70.9 Å². The van der Waals surface area contributed by atoms with Crippen LogP contribution in [-0.2, 0) is 14.8 Å². The topological polar surface area (TPSA) is 79.4 Å². The van der Waals surface area contributed by atoms with Crippen molar-refractivity contribution in [1.82, 2.24) is 9.29 Å². The number of nitrogens with one attached hydrogen (secondary N) is 1. The van der Waals surface area contributed by atoms with Gasteiger partial charge >= 0.3 is 0 Å². The molecule has 2 aromatic carbocycles. The summed E-state index contributed by atoms with van der Waals surface area (Å²) in [6, 6.07) is 18.3. The number of thiazole rings is 1. The first-order valence-corrected chi connectivity index (χ1v) is 13.5. The summed E-state index contributed by atoms with van der Waals surface area (Å²) in [5.74, 6) is -0.546. The van der Waals surface area contributed by atoms with Crippen LogP contribution in [0.3, 0.4) is 0 Å². The van der Waals surface area contributed by atoms with E-state index in [4.69, 9.17) is 4.98 Å². The fourth-order valence-corrected chi connectivity index (χ4v) is 7.29. The fraction of sp³-hybridized carbons (Fsp3) is 0.217. The average molecular weight is 484 g/mol. The van der Waals surface area contributed by atoms with E-state index in [1.165, 1.54) is 15.6 Å². The molecule has 0 saturated carbocycles. The number of hydrogen-bond donors (Lipinski definition) is 1. The Balaban J connectivity index is 1.33. The van der Waals surface area contributed by atoms with Crippen molar-refractivity contribution in [3.63, 3.8) is 0 Å². The van der Waals surface area contributed by atoms with Crippen molar-refractivity contribution in [2.45, 2.75) is 17.7 Å². The predicted molar refractivity (Wildman–Crippen MR) is 129 cm³/mol. The molecule has 32 heavy (non-hydrogen) atoms. The Morgan fingerprint density at radius 1 is 1.06 bits per heavy atom. The first-order chi connectivity index (χ1) is 15.5. The van der Waals surface area contributed by atoms with Crippen molar-refractivity contribution in [3.8, 4) is 10.6 Å². The molecule has 1 saturated heterocycles. The van der Waals surface area contributed by atoms with Gasteiger partial charge in [0, 0.05) is 18.7 Å². The number of carbonyl (C=O) groups excluding carboxylic acids is 1. The van der Waals surface area contributed by atoms with Crippen molar-refractivity contribution in [2.24, 2.45) is 5.92 Å². The molecule has 2 aromatic heterocycles. The van der Waals surface area contributed by atoms with E-state index in [2.05, 4.69) is 5.32 Å². The van der Waals surface area contributed by atoms with Gasteiger partial charge < -0.3 is 5.32 Å². The summed E-state index contributed by atoms with van der Waals surface area (Å²) in [4.78, 5) is 18.0. The van der Waals surface area contributed by atoms with Gasteiger partial charge in [0.25, 0.3) is 0 Å². The second kappa shape index (κ2) is 8.74. The zero-order valence-corrected chi connectivity index (χ0v) is 19.6. The Hall–Kier alpha value is -2.59. The van der Waals surface area contributed by atoms with Gasteiger partial charge in [-0.1, -0.05) is 30.3 Å². The Bertz CT molecular complexity index is 1330. The van der Waals surface area contributed by atoms with Crippen LogP contribution in [0.4, 0.5) is 5.00 Å². The molecule has 0 bridgehead atoms. The standard InChI is InChI=1S/C23H21N3O3S3/c27-21(16-7-6-13-26(15-16)32(28,29)17-8-2-1-3-9-17)25-22-18(12-14-30-22)23-24-19-10-4-5-11-20(19)31-23/h1-5,8-12,14,16H,6-7,13,15H2,(H,25,27). The average Bonchev–Trinajstić information content (AvgIpc) is 3.46. The highest BCUT2D eigenvalue weighted by molar-refractivity contribution is 7.89. The van der Waals surface area contributed by atoms with Gasteiger partial charge in [-0.25, -0.2) is 13.4 Å². The number of carbonyl (C=O) groups is 1. The first-order valence-electron chi connectivity index (χ1n) is 10.3. The largest absolute Gasteiger partial charge is 0.317 e. The minimum atomic E-state index is -3.61. The molecule has 6 nitrogen and oxygen atoms in total. The number of benzene rings is 2. The SMILES string of the molecule is O=C(Nc1sccc1-c1nc2ccccc2s1)C1CCCN(S(=O)(=O)c2ccccc2)C1. The van der Waals surface area contributed by atoms with Gasteiger partial charge in [-0.05, 0) is 48.6 Å². The monoisotopic (exact) mass is 483 g/mol. The lowest BCUT2D eigenvalue weighted by Gasteiger charge is -2.31. The molecule has 1 fully saturated rings. The number of aromatic nitrogens is 1. The second-order valence-electron chi connectivity index (χ2n) is 7.65. The van der Waals surface area contributed by atoms with Crippen LogP contribution >= 0.6 is 22.7 Å². The number of amides is 1. The highest BCUT2D eigenvalue weighted by Crippen LogP contribution is 2.38. The van der Waals surface area contributed by atoms with E-state index in [0.29, 0.717) is 19.4 Å². The summed E-state index contributed by atoms with van der Waals surface area (Å²) < 4.78 is 28.5. The zero-order valence-electron chi connectivity index (χ0n) is 17.1. The Morgan fingerprint density at radius 2 is 1.84 bits per heavy atom. The molecule has 4 aromatic rings. The summed E-state index contributed by atoms with van der Waals surface area (Å²) in [5, 5.41) is 6.58. The number of nitrogens with zero attached hydrogens (tertiary/aromatic N) is 2. The number of para-hydroxylation sites is 1. The molecule has 0 radical (unpaired) electrons. The molecule has 1 amide bonds. The van der Waals surface area contributed by atoms with Crippen LogP contribution in [0.1, 0.15) is 12.8 Å². The summed E-state index contributed by atoms with van der Waals surface area (Å²) >= 11 is 3.04. The van der Waals surface area contributed by atoms with Crippen LogP contribution < -0.4 is 5.32 Å². The van der Waals surface area contributed by atoms with Crippen molar-refractivity contribution < 1.29 is 13.2 Å². The predicted octanol–water partition coefficient (Wildman–Crippen LogP) is 5.06.